The van der Waals surface area contributed by atoms with E-state index < -0.39 is 35.3 Å². The van der Waals surface area contributed by atoms with E-state index >= 15 is 8.78 Å². The lowest BCUT2D eigenvalue weighted by atomic mass is 9.77. The van der Waals surface area contributed by atoms with Crippen LogP contribution < -0.4 is 10.6 Å². The Labute approximate surface area is 206 Å². The summed E-state index contributed by atoms with van der Waals surface area (Å²) in [6.07, 6.45) is 0.247. The van der Waals surface area contributed by atoms with Gasteiger partial charge in [-0.3, -0.25) is 5.32 Å². The van der Waals surface area contributed by atoms with Gasteiger partial charge >= 0.3 is 6.09 Å². The van der Waals surface area contributed by atoms with Crippen LogP contribution in [0.2, 0.25) is 0 Å². The SMILES string of the molecule is CC1c2c(cc(F)c(-c3cccc4cc[nH]c34)c2F)NC(C)(C)C1OC(=O)Nc1ccc(C#N)cc1. The fourth-order valence-electron chi connectivity index (χ4n) is 5.06. The fourth-order valence-corrected chi connectivity index (χ4v) is 5.06. The molecule has 1 amide bonds. The van der Waals surface area contributed by atoms with Gasteiger partial charge in [-0.05, 0) is 55.6 Å². The maximum atomic E-state index is 16.1. The van der Waals surface area contributed by atoms with Crippen LogP contribution in [0.4, 0.5) is 25.0 Å². The Hall–Kier alpha value is -4.38. The number of nitriles is 1. The highest BCUT2D eigenvalue weighted by molar-refractivity contribution is 5.95. The van der Waals surface area contributed by atoms with Gasteiger partial charge in [-0.2, -0.15) is 5.26 Å². The number of hydrogen-bond acceptors (Lipinski definition) is 4. The molecule has 1 aromatic heterocycles. The van der Waals surface area contributed by atoms with E-state index in [0.717, 1.165) is 5.39 Å². The summed E-state index contributed by atoms with van der Waals surface area (Å²) in [5.74, 6) is -1.95. The molecule has 1 aliphatic heterocycles. The van der Waals surface area contributed by atoms with Gasteiger partial charge in [-0.1, -0.05) is 25.1 Å². The smallest absolute Gasteiger partial charge is 0.411 e. The maximum absolute atomic E-state index is 16.1. The van der Waals surface area contributed by atoms with Crippen LogP contribution >= 0.6 is 0 Å². The number of fused-ring (bicyclic) bond motifs is 2. The topological polar surface area (TPSA) is 89.9 Å². The van der Waals surface area contributed by atoms with Gasteiger partial charge in [0.25, 0.3) is 0 Å². The summed E-state index contributed by atoms with van der Waals surface area (Å²) in [7, 11) is 0. The molecule has 8 heteroatoms. The summed E-state index contributed by atoms with van der Waals surface area (Å²) in [6, 6.07) is 16.8. The fraction of sp³-hybridized carbons (Fsp3) is 0.214. The third-order valence-electron chi connectivity index (χ3n) is 6.68. The molecule has 3 aromatic carbocycles. The summed E-state index contributed by atoms with van der Waals surface area (Å²) in [5, 5.41) is 15.6. The van der Waals surface area contributed by atoms with Gasteiger partial charge in [-0.25, -0.2) is 13.6 Å². The average molecular weight is 487 g/mol. The van der Waals surface area contributed by atoms with Crippen LogP contribution in [0.3, 0.4) is 0 Å². The highest BCUT2D eigenvalue weighted by Gasteiger charge is 2.45. The van der Waals surface area contributed by atoms with E-state index in [2.05, 4.69) is 15.6 Å². The van der Waals surface area contributed by atoms with E-state index in [4.69, 9.17) is 10.00 Å². The molecule has 0 saturated carbocycles. The summed E-state index contributed by atoms with van der Waals surface area (Å²) >= 11 is 0. The molecule has 0 radical (unpaired) electrons. The van der Waals surface area contributed by atoms with E-state index in [-0.39, 0.29) is 11.1 Å². The number of aromatic amines is 1. The zero-order valence-electron chi connectivity index (χ0n) is 19.9. The first kappa shape index (κ1) is 23.4. The second kappa shape index (κ2) is 8.68. The van der Waals surface area contributed by atoms with Gasteiger partial charge in [0.15, 0.2) is 0 Å². The molecule has 4 aromatic rings. The minimum absolute atomic E-state index is 0.129. The van der Waals surface area contributed by atoms with Crippen molar-refractivity contribution in [1.82, 2.24) is 4.98 Å². The number of aromatic nitrogens is 1. The Kier molecular flexibility index (Phi) is 5.64. The average Bonchev–Trinajstić information content (AvgIpc) is 3.31. The standard InChI is InChI=1S/C28H24F2N4O2/c1-15-22-21(13-20(29)23(24(22)30)19-6-4-5-17-11-12-32-25(17)19)34-28(2,3)26(15)36-27(35)33-18-9-7-16(14-31)8-10-18/h4-13,15,26,32,34H,1-3H3,(H,33,35). The normalized spacial score (nSPS) is 18.1. The second-order valence-corrected chi connectivity index (χ2v) is 9.53. The van der Waals surface area contributed by atoms with E-state index in [9.17, 15) is 4.79 Å². The van der Waals surface area contributed by atoms with Gasteiger partial charge in [0, 0.05) is 34.6 Å². The summed E-state index contributed by atoms with van der Waals surface area (Å²) in [4.78, 5) is 15.8. The molecule has 0 spiro atoms. The minimum Gasteiger partial charge on any atom is -0.443 e. The molecule has 2 heterocycles. The third kappa shape index (κ3) is 3.93. The molecule has 182 valence electrons. The van der Waals surface area contributed by atoms with Gasteiger partial charge in [0.2, 0.25) is 0 Å². The molecule has 0 bridgehead atoms. The molecule has 0 fully saturated rings. The predicted octanol–water partition coefficient (Wildman–Crippen LogP) is 6.91. The van der Waals surface area contributed by atoms with E-state index in [1.165, 1.54) is 6.07 Å². The molecular formula is C28H24F2N4O2. The van der Waals surface area contributed by atoms with Gasteiger partial charge in [0.05, 0.1) is 28.3 Å². The molecule has 0 aliphatic carbocycles. The first-order valence-electron chi connectivity index (χ1n) is 11.5. The van der Waals surface area contributed by atoms with Gasteiger partial charge in [0.1, 0.15) is 17.7 Å². The van der Waals surface area contributed by atoms with Crippen molar-refractivity contribution in [3.63, 3.8) is 0 Å². The van der Waals surface area contributed by atoms with Crippen LogP contribution in [0.5, 0.6) is 0 Å². The van der Waals surface area contributed by atoms with Crippen molar-refractivity contribution in [2.24, 2.45) is 0 Å². The van der Waals surface area contributed by atoms with E-state index in [0.29, 0.717) is 28.0 Å². The van der Waals surface area contributed by atoms with E-state index in [1.54, 1.807) is 49.5 Å². The number of nitrogens with one attached hydrogen (secondary N) is 3. The number of carbonyl (C=O) groups is 1. The van der Waals surface area contributed by atoms with Crippen molar-refractivity contribution in [1.29, 1.82) is 5.26 Å². The Morgan fingerprint density at radius 1 is 1.14 bits per heavy atom. The number of nitrogens with zero attached hydrogens (tertiary/aromatic N) is 1. The van der Waals surface area contributed by atoms with Crippen molar-refractivity contribution < 1.29 is 18.3 Å². The molecular weight excluding hydrogens is 462 g/mol. The van der Waals surface area contributed by atoms with Crippen LogP contribution in [0, 0.1) is 23.0 Å². The number of rotatable bonds is 3. The molecule has 2 atom stereocenters. The quantitative estimate of drug-likeness (QED) is 0.294. The number of ether oxygens (including phenoxy) is 1. The lowest BCUT2D eigenvalue weighted by Crippen LogP contribution is -2.52. The maximum Gasteiger partial charge on any atom is 0.411 e. The summed E-state index contributed by atoms with van der Waals surface area (Å²) in [5.41, 5.74) is 1.63. The number of anilines is 2. The van der Waals surface area contributed by atoms with Gasteiger partial charge in [-0.15, -0.1) is 0 Å². The predicted molar refractivity (Wildman–Crippen MR) is 135 cm³/mol. The molecule has 1 aliphatic rings. The highest BCUT2D eigenvalue weighted by atomic mass is 19.1. The van der Waals surface area contributed by atoms with Crippen molar-refractivity contribution in [3.8, 4) is 17.2 Å². The Bertz CT molecular complexity index is 1520. The van der Waals surface area contributed by atoms with Gasteiger partial charge < -0.3 is 15.0 Å². The molecule has 36 heavy (non-hydrogen) atoms. The number of hydrogen-bond donors (Lipinski definition) is 3. The molecule has 2 unspecified atom stereocenters. The third-order valence-corrected chi connectivity index (χ3v) is 6.68. The molecule has 3 N–H and O–H groups in total. The first-order chi connectivity index (χ1) is 17.2. The summed E-state index contributed by atoms with van der Waals surface area (Å²) < 4.78 is 37.2. The van der Waals surface area contributed by atoms with Crippen molar-refractivity contribution in [3.05, 3.63) is 83.6 Å². The van der Waals surface area contributed by atoms with Crippen LogP contribution in [0.1, 0.15) is 37.8 Å². The molecule has 0 saturated heterocycles. The van der Waals surface area contributed by atoms with Crippen LogP contribution in [0.15, 0.2) is 60.8 Å². The Morgan fingerprint density at radius 2 is 1.89 bits per heavy atom. The Morgan fingerprint density at radius 3 is 2.61 bits per heavy atom. The highest BCUT2D eigenvalue weighted by Crippen LogP contribution is 2.46. The summed E-state index contributed by atoms with van der Waals surface area (Å²) in [6.45, 7) is 5.39. The number of H-pyrrole nitrogens is 1. The second-order valence-electron chi connectivity index (χ2n) is 9.53. The number of carbonyl (C=O) groups excluding carboxylic acids is 1. The number of amides is 1. The number of para-hydroxylation sites is 1. The number of halogens is 2. The van der Waals surface area contributed by atoms with E-state index in [1.807, 2.05) is 32.0 Å². The zero-order chi connectivity index (χ0) is 25.6. The minimum atomic E-state index is -0.811. The number of benzene rings is 3. The monoisotopic (exact) mass is 486 g/mol. The Balaban J connectivity index is 1.50. The molecule has 6 nitrogen and oxygen atoms in total. The lowest BCUT2D eigenvalue weighted by molar-refractivity contribution is 0.0561. The first-order valence-corrected chi connectivity index (χ1v) is 11.5. The van der Waals surface area contributed by atoms with Crippen LogP contribution in [-0.4, -0.2) is 22.7 Å². The van der Waals surface area contributed by atoms with Crippen LogP contribution in [0.25, 0.3) is 22.0 Å². The van der Waals surface area contributed by atoms with Crippen LogP contribution in [-0.2, 0) is 4.74 Å². The van der Waals surface area contributed by atoms with Crippen molar-refractivity contribution in [2.75, 3.05) is 10.6 Å². The zero-order valence-corrected chi connectivity index (χ0v) is 19.9. The molecule has 5 rings (SSSR count). The lowest BCUT2D eigenvalue weighted by Gasteiger charge is -2.44. The van der Waals surface area contributed by atoms with Crippen molar-refractivity contribution >= 4 is 28.4 Å². The largest absolute Gasteiger partial charge is 0.443 e. The van der Waals surface area contributed by atoms with Crippen molar-refractivity contribution in [2.45, 2.75) is 38.3 Å².